The number of benzene rings is 1. The van der Waals surface area contributed by atoms with Crippen molar-refractivity contribution >= 4 is 17.5 Å². The standard InChI is InChI=1S/C17H16O5/c1-2-21-15(18)8-10-7-13-14(9-22-10)17(20)12-6-4-3-5-11(12)16(13)19/h3-6,10H,2,7-9H2,1H3/t10-/m0/s1. The number of ketones is 2. The molecule has 0 bridgehead atoms. The molecule has 0 N–H and O–H groups in total. The third kappa shape index (κ3) is 2.48. The molecule has 0 fully saturated rings. The van der Waals surface area contributed by atoms with Crippen molar-refractivity contribution in [1.82, 2.24) is 0 Å². The summed E-state index contributed by atoms with van der Waals surface area (Å²) in [4.78, 5) is 36.6. The van der Waals surface area contributed by atoms with Crippen LogP contribution in [-0.2, 0) is 14.3 Å². The molecule has 114 valence electrons. The van der Waals surface area contributed by atoms with E-state index < -0.39 is 6.10 Å². The first-order valence-corrected chi connectivity index (χ1v) is 7.29. The van der Waals surface area contributed by atoms with Crippen LogP contribution >= 0.6 is 0 Å². The fraction of sp³-hybridized carbons (Fsp3) is 0.353. The van der Waals surface area contributed by atoms with Crippen molar-refractivity contribution in [3.63, 3.8) is 0 Å². The van der Waals surface area contributed by atoms with Gasteiger partial charge in [0, 0.05) is 28.7 Å². The highest BCUT2D eigenvalue weighted by molar-refractivity contribution is 6.27. The zero-order valence-corrected chi connectivity index (χ0v) is 12.3. The molecule has 1 heterocycles. The molecule has 22 heavy (non-hydrogen) atoms. The highest BCUT2D eigenvalue weighted by Gasteiger charge is 2.36. The number of rotatable bonds is 3. The van der Waals surface area contributed by atoms with Crippen LogP contribution in [0.3, 0.4) is 0 Å². The first-order valence-electron chi connectivity index (χ1n) is 7.29. The Morgan fingerprint density at radius 3 is 2.45 bits per heavy atom. The third-order valence-electron chi connectivity index (χ3n) is 3.92. The first kappa shape index (κ1) is 14.7. The Balaban J connectivity index is 1.85. The van der Waals surface area contributed by atoms with Crippen LogP contribution in [0.4, 0.5) is 0 Å². The zero-order valence-electron chi connectivity index (χ0n) is 12.3. The van der Waals surface area contributed by atoms with Crippen LogP contribution < -0.4 is 0 Å². The van der Waals surface area contributed by atoms with E-state index in [1.165, 1.54) is 0 Å². The maximum atomic E-state index is 12.6. The zero-order chi connectivity index (χ0) is 15.7. The number of Topliss-reactive ketones (excluding diaryl/α,β-unsaturated/α-hetero) is 2. The van der Waals surface area contributed by atoms with Crippen LogP contribution in [0.25, 0.3) is 0 Å². The van der Waals surface area contributed by atoms with Crippen molar-refractivity contribution in [2.24, 2.45) is 0 Å². The number of hydrogen-bond donors (Lipinski definition) is 0. The minimum Gasteiger partial charge on any atom is -0.466 e. The molecule has 0 aromatic heterocycles. The molecule has 1 atom stereocenters. The highest BCUT2D eigenvalue weighted by Crippen LogP contribution is 2.33. The molecule has 2 aliphatic rings. The second kappa shape index (κ2) is 5.85. The first-order chi connectivity index (χ1) is 10.6. The van der Waals surface area contributed by atoms with Crippen LogP contribution in [0.2, 0.25) is 0 Å². The Hall–Kier alpha value is -2.27. The lowest BCUT2D eigenvalue weighted by atomic mass is 9.80. The van der Waals surface area contributed by atoms with E-state index in [1.54, 1.807) is 31.2 Å². The highest BCUT2D eigenvalue weighted by atomic mass is 16.5. The van der Waals surface area contributed by atoms with Crippen molar-refractivity contribution in [3.05, 3.63) is 46.5 Å². The molecule has 0 radical (unpaired) electrons. The van der Waals surface area contributed by atoms with E-state index in [2.05, 4.69) is 0 Å². The molecule has 5 heteroatoms. The molecular formula is C17H16O5. The SMILES string of the molecule is CCOC(=O)C[C@@H]1CC2=C(CO1)C(=O)c1ccccc1C2=O. The average Bonchev–Trinajstić information content (AvgIpc) is 2.53. The van der Waals surface area contributed by atoms with Crippen molar-refractivity contribution in [3.8, 4) is 0 Å². The summed E-state index contributed by atoms with van der Waals surface area (Å²) >= 11 is 0. The maximum Gasteiger partial charge on any atom is 0.308 e. The summed E-state index contributed by atoms with van der Waals surface area (Å²) < 4.78 is 10.5. The number of hydrogen-bond acceptors (Lipinski definition) is 5. The van der Waals surface area contributed by atoms with Crippen molar-refractivity contribution < 1.29 is 23.9 Å². The molecule has 0 saturated heterocycles. The van der Waals surface area contributed by atoms with Gasteiger partial charge in [0.05, 0.1) is 25.7 Å². The van der Waals surface area contributed by atoms with E-state index in [0.29, 0.717) is 28.9 Å². The molecule has 0 unspecified atom stereocenters. The lowest BCUT2D eigenvalue weighted by Gasteiger charge is -2.29. The molecule has 5 nitrogen and oxygen atoms in total. The van der Waals surface area contributed by atoms with Gasteiger partial charge < -0.3 is 9.47 Å². The Morgan fingerprint density at radius 1 is 1.18 bits per heavy atom. The van der Waals surface area contributed by atoms with Crippen LogP contribution in [0.15, 0.2) is 35.4 Å². The molecule has 1 aromatic rings. The molecule has 3 rings (SSSR count). The van der Waals surface area contributed by atoms with Gasteiger partial charge in [-0.2, -0.15) is 0 Å². The number of fused-ring (bicyclic) bond motifs is 1. The predicted octanol–water partition coefficient (Wildman–Crippen LogP) is 2.10. The van der Waals surface area contributed by atoms with Crippen molar-refractivity contribution in [2.75, 3.05) is 13.2 Å². The topological polar surface area (TPSA) is 69.7 Å². The monoisotopic (exact) mass is 300 g/mol. The van der Waals surface area contributed by atoms with Crippen LogP contribution in [0.5, 0.6) is 0 Å². The van der Waals surface area contributed by atoms with Crippen LogP contribution in [-0.4, -0.2) is 36.9 Å². The lowest BCUT2D eigenvalue weighted by Crippen LogP contribution is -2.33. The Labute approximate surface area is 127 Å². The summed E-state index contributed by atoms with van der Waals surface area (Å²) in [5.41, 5.74) is 1.76. The molecule has 0 amide bonds. The van der Waals surface area contributed by atoms with E-state index in [9.17, 15) is 14.4 Å². The van der Waals surface area contributed by atoms with E-state index >= 15 is 0 Å². The molecule has 0 spiro atoms. The van der Waals surface area contributed by atoms with Gasteiger partial charge in [-0.05, 0) is 6.92 Å². The smallest absolute Gasteiger partial charge is 0.308 e. The van der Waals surface area contributed by atoms with Gasteiger partial charge in [0.25, 0.3) is 0 Å². The van der Waals surface area contributed by atoms with E-state index in [1.807, 2.05) is 0 Å². The average molecular weight is 300 g/mol. The number of esters is 1. The number of ether oxygens (including phenoxy) is 2. The lowest BCUT2D eigenvalue weighted by molar-refractivity contribution is -0.146. The maximum absolute atomic E-state index is 12.6. The van der Waals surface area contributed by atoms with Gasteiger partial charge in [-0.3, -0.25) is 14.4 Å². The minimum atomic E-state index is -0.417. The van der Waals surface area contributed by atoms with Crippen molar-refractivity contribution in [1.29, 1.82) is 0 Å². The summed E-state index contributed by atoms with van der Waals surface area (Å²) in [5, 5.41) is 0. The predicted molar refractivity (Wildman–Crippen MR) is 77.7 cm³/mol. The molecule has 1 aliphatic heterocycles. The summed E-state index contributed by atoms with van der Waals surface area (Å²) in [6, 6.07) is 6.80. The second-order valence-corrected chi connectivity index (χ2v) is 5.31. The summed E-state index contributed by atoms with van der Waals surface area (Å²) in [6.45, 7) is 2.11. The molecular weight excluding hydrogens is 284 g/mol. The summed E-state index contributed by atoms with van der Waals surface area (Å²) in [6.07, 6.45) is -0.0549. The number of carbonyl (C=O) groups is 3. The van der Waals surface area contributed by atoms with Crippen molar-refractivity contribution in [2.45, 2.75) is 25.9 Å². The Kier molecular flexibility index (Phi) is 3.90. The number of carbonyl (C=O) groups excluding carboxylic acids is 3. The Morgan fingerprint density at radius 2 is 1.82 bits per heavy atom. The van der Waals surface area contributed by atoms with Gasteiger partial charge in [-0.15, -0.1) is 0 Å². The van der Waals surface area contributed by atoms with Gasteiger partial charge in [-0.1, -0.05) is 24.3 Å². The van der Waals surface area contributed by atoms with E-state index in [0.717, 1.165) is 0 Å². The normalized spacial score (nSPS) is 20.5. The second-order valence-electron chi connectivity index (χ2n) is 5.31. The fourth-order valence-electron chi connectivity index (χ4n) is 2.87. The van der Waals surface area contributed by atoms with E-state index in [-0.39, 0.29) is 37.0 Å². The summed E-state index contributed by atoms with van der Waals surface area (Å²) in [7, 11) is 0. The minimum absolute atomic E-state index is 0.0678. The molecule has 0 saturated carbocycles. The largest absolute Gasteiger partial charge is 0.466 e. The quantitative estimate of drug-likeness (QED) is 0.800. The Bertz CT molecular complexity index is 686. The molecule has 1 aliphatic carbocycles. The van der Waals surface area contributed by atoms with Crippen LogP contribution in [0, 0.1) is 0 Å². The van der Waals surface area contributed by atoms with Gasteiger partial charge in [0.1, 0.15) is 0 Å². The molecule has 1 aromatic carbocycles. The van der Waals surface area contributed by atoms with Gasteiger partial charge in [-0.25, -0.2) is 0 Å². The fourth-order valence-corrected chi connectivity index (χ4v) is 2.87. The third-order valence-corrected chi connectivity index (χ3v) is 3.92. The summed E-state index contributed by atoms with van der Waals surface area (Å²) in [5.74, 6) is -0.645. The van der Waals surface area contributed by atoms with Gasteiger partial charge in [0.15, 0.2) is 11.6 Å². The van der Waals surface area contributed by atoms with Gasteiger partial charge >= 0.3 is 5.97 Å². The van der Waals surface area contributed by atoms with Gasteiger partial charge in [0.2, 0.25) is 0 Å². The van der Waals surface area contributed by atoms with E-state index in [4.69, 9.17) is 9.47 Å². The van der Waals surface area contributed by atoms with Crippen LogP contribution in [0.1, 0.15) is 40.5 Å².